The van der Waals surface area contributed by atoms with Crippen molar-refractivity contribution in [3.8, 4) is 0 Å². The zero-order valence-electron chi connectivity index (χ0n) is 7.27. The number of aryl methyl sites for hydroxylation is 1. The standard InChI is InChI=1S/C8H11O3P.Zr/c1-7-2-4-8(5-3-7)6-12(9,10)11;/h2-5H,6H2,1H3,(H2,9,10,11);. The molecule has 2 N–H and O–H groups in total. The molecule has 0 radical (unpaired) electrons. The maximum atomic E-state index is 10.6. The summed E-state index contributed by atoms with van der Waals surface area (Å²) in [7, 11) is -3.90. The Morgan fingerprint density at radius 1 is 1.23 bits per heavy atom. The van der Waals surface area contributed by atoms with Crippen LogP contribution in [0.3, 0.4) is 0 Å². The van der Waals surface area contributed by atoms with Gasteiger partial charge in [-0.2, -0.15) is 0 Å². The van der Waals surface area contributed by atoms with E-state index < -0.39 is 7.60 Å². The van der Waals surface area contributed by atoms with Gasteiger partial charge in [0.25, 0.3) is 0 Å². The van der Waals surface area contributed by atoms with E-state index in [0.717, 1.165) is 5.56 Å². The Balaban J connectivity index is 0.00000144. The van der Waals surface area contributed by atoms with Gasteiger partial charge in [-0.1, -0.05) is 29.8 Å². The fourth-order valence-corrected chi connectivity index (χ4v) is 1.62. The molecule has 13 heavy (non-hydrogen) atoms. The van der Waals surface area contributed by atoms with Gasteiger partial charge in [-0.3, -0.25) is 4.57 Å². The molecule has 0 amide bonds. The van der Waals surface area contributed by atoms with Gasteiger partial charge in [-0.15, -0.1) is 0 Å². The van der Waals surface area contributed by atoms with Crippen LogP contribution in [-0.4, -0.2) is 9.79 Å². The first-order valence-corrected chi connectivity index (χ1v) is 5.37. The third kappa shape index (κ3) is 5.54. The minimum Gasteiger partial charge on any atom is -0.324 e. The molecule has 0 aliphatic rings. The predicted molar refractivity (Wildman–Crippen MR) is 46.9 cm³/mol. The van der Waals surface area contributed by atoms with Crippen LogP contribution in [-0.2, 0) is 36.9 Å². The zero-order valence-corrected chi connectivity index (χ0v) is 10.6. The van der Waals surface area contributed by atoms with Crippen LogP contribution in [0.2, 0.25) is 0 Å². The monoisotopic (exact) mass is 276 g/mol. The van der Waals surface area contributed by atoms with Crippen LogP contribution in [0.25, 0.3) is 0 Å². The van der Waals surface area contributed by atoms with Gasteiger partial charge < -0.3 is 9.79 Å². The number of hydrogen-bond acceptors (Lipinski definition) is 1. The third-order valence-corrected chi connectivity index (χ3v) is 2.29. The maximum Gasteiger partial charge on any atom is 0.329 e. The summed E-state index contributed by atoms with van der Waals surface area (Å²) in [5.74, 6) is 0. The molecule has 0 heterocycles. The molecule has 3 nitrogen and oxygen atoms in total. The molecule has 5 heteroatoms. The fourth-order valence-electron chi connectivity index (χ4n) is 0.931. The van der Waals surface area contributed by atoms with Crippen molar-refractivity contribution in [1.82, 2.24) is 0 Å². The Morgan fingerprint density at radius 3 is 2.08 bits per heavy atom. The Kier molecular flexibility index (Phi) is 5.31. The summed E-state index contributed by atoms with van der Waals surface area (Å²) in [6.45, 7) is 1.93. The summed E-state index contributed by atoms with van der Waals surface area (Å²) in [6, 6.07) is 7.14. The smallest absolute Gasteiger partial charge is 0.324 e. The summed E-state index contributed by atoms with van der Waals surface area (Å²) >= 11 is 0. The van der Waals surface area contributed by atoms with E-state index >= 15 is 0 Å². The van der Waals surface area contributed by atoms with Crippen molar-refractivity contribution in [2.75, 3.05) is 0 Å². The maximum absolute atomic E-state index is 10.6. The van der Waals surface area contributed by atoms with Crippen molar-refractivity contribution in [2.45, 2.75) is 13.1 Å². The molecule has 0 spiro atoms. The van der Waals surface area contributed by atoms with E-state index in [-0.39, 0.29) is 32.4 Å². The van der Waals surface area contributed by atoms with Crippen molar-refractivity contribution >= 4 is 7.60 Å². The van der Waals surface area contributed by atoms with Crippen LogP contribution >= 0.6 is 7.60 Å². The molecule has 0 unspecified atom stereocenters. The Bertz CT molecular complexity index is 304. The van der Waals surface area contributed by atoms with Crippen LogP contribution in [0.4, 0.5) is 0 Å². The molecule has 0 aromatic heterocycles. The third-order valence-electron chi connectivity index (χ3n) is 1.51. The minimum absolute atomic E-state index is 0. The van der Waals surface area contributed by atoms with Crippen molar-refractivity contribution in [3.05, 3.63) is 35.4 Å². The minimum atomic E-state index is -3.90. The van der Waals surface area contributed by atoms with Gasteiger partial charge in [-0.25, -0.2) is 0 Å². The average Bonchev–Trinajstić information content (AvgIpc) is 1.91. The van der Waals surface area contributed by atoms with Gasteiger partial charge in [0, 0.05) is 26.2 Å². The summed E-state index contributed by atoms with van der Waals surface area (Å²) < 4.78 is 10.6. The quantitative estimate of drug-likeness (QED) is 0.809. The van der Waals surface area contributed by atoms with Crippen LogP contribution < -0.4 is 0 Å². The van der Waals surface area contributed by atoms with E-state index in [0.29, 0.717) is 5.56 Å². The van der Waals surface area contributed by atoms with Crippen molar-refractivity contribution in [3.63, 3.8) is 0 Å². The second-order valence-electron chi connectivity index (χ2n) is 2.81. The first kappa shape index (κ1) is 13.3. The fraction of sp³-hybridized carbons (Fsp3) is 0.250. The molecule has 1 rings (SSSR count). The SMILES string of the molecule is Cc1ccc(CP(=O)(O)O)cc1.[Zr]. The molecule has 0 aliphatic heterocycles. The van der Waals surface area contributed by atoms with Crippen molar-refractivity contribution in [1.29, 1.82) is 0 Å². The molecule has 70 valence electrons. The van der Waals surface area contributed by atoms with Crippen LogP contribution in [0.15, 0.2) is 24.3 Å². The van der Waals surface area contributed by atoms with Gasteiger partial charge in [0.2, 0.25) is 0 Å². The van der Waals surface area contributed by atoms with Gasteiger partial charge in [0.05, 0.1) is 6.16 Å². The van der Waals surface area contributed by atoms with Crippen molar-refractivity contribution < 1.29 is 40.6 Å². The van der Waals surface area contributed by atoms with Crippen LogP contribution in [0.5, 0.6) is 0 Å². The van der Waals surface area contributed by atoms with E-state index in [9.17, 15) is 4.57 Å². The van der Waals surface area contributed by atoms with E-state index in [1.54, 1.807) is 12.1 Å². The number of hydrogen-bond donors (Lipinski definition) is 2. The molecule has 0 saturated heterocycles. The van der Waals surface area contributed by atoms with E-state index in [1.165, 1.54) is 0 Å². The summed E-state index contributed by atoms with van der Waals surface area (Å²) in [5.41, 5.74) is 1.76. The topological polar surface area (TPSA) is 57.5 Å². The van der Waals surface area contributed by atoms with Crippen LogP contribution in [0, 0.1) is 6.92 Å². The second kappa shape index (κ2) is 5.21. The first-order valence-electron chi connectivity index (χ1n) is 3.57. The molecular weight excluding hydrogens is 266 g/mol. The Hall–Kier alpha value is 0.253. The molecule has 0 fully saturated rings. The van der Waals surface area contributed by atoms with E-state index in [4.69, 9.17) is 9.79 Å². The zero-order chi connectivity index (χ0) is 9.19. The normalized spacial score (nSPS) is 10.7. The molecule has 0 saturated carbocycles. The van der Waals surface area contributed by atoms with Gasteiger partial charge in [-0.05, 0) is 12.5 Å². The molecule has 1 aromatic rings. The molecular formula is C8H11O3PZr. The van der Waals surface area contributed by atoms with Crippen molar-refractivity contribution in [2.24, 2.45) is 0 Å². The summed E-state index contributed by atoms with van der Waals surface area (Å²) in [5, 5.41) is 0. The van der Waals surface area contributed by atoms with Crippen LogP contribution in [0.1, 0.15) is 11.1 Å². The van der Waals surface area contributed by atoms with E-state index in [1.807, 2.05) is 19.1 Å². The Labute approximate surface area is 96.5 Å². The first-order chi connectivity index (χ1) is 5.47. The van der Waals surface area contributed by atoms with E-state index in [2.05, 4.69) is 0 Å². The van der Waals surface area contributed by atoms with Gasteiger partial charge >= 0.3 is 7.60 Å². The molecule has 0 aliphatic carbocycles. The summed E-state index contributed by atoms with van der Waals surface area (Å²) in [4.78, 5) is 17.3. The molecule has 0 atom stereocenters. The molecule has 1 aromatic carbocycles. The van der Waals surface area contributed by atoms with Gasteiger partial charge in [0.15, 0.2) is 0 Å². The largest absolute Gasteiger partial charge is 0.329 e. The second-order valence-corrected chi connectivity index (χ2v) is 4.45. The van der Waals surface area contributed by atoms with Gasteiger partial charge in [0.1, 0.15) is 0 Å². The molecule has 0 bridgehead atoms. The number of rotatable bonds is 2. The number of benzene rings is 1. The average molecular weight is 277 g/mol. The predicted octanol–water partition coefficient (Wildman–Crippen LogP) is 1.67. The summed E-state index contributed by atoms with van der Waals surface area (Å²) in [6.07, 6.45) is -0.173. The Morgan fingerprint density at radius 2 is 1.69 bits per heavy atom.